The first-order valence-corrected chi connectivity index (χ1v) is 5.63. The van der Waals surface area contributed by atoms with Crippen LogP contribution in [0, 0.1) is 0 Å². The Hall–Kier alpha value is -1.64. The predicted octanol–water partition coefficient (Wildman–Crippen LogP) is 2.04. The summed E-state index contributed by atoms with van der Waals surface area (Å²) in [5, 5.41) is 0. The van der Waals surface area contributed by atoms with E-state index >= 15 is 0 Å². The quantitative estimate of drug-likeness (QED) is 0.593. The van der Waals surface area contributed by atoms with Crippen molar-refractivity contribution in [3.8, 4) is 5.75 Å². The van der Waals surface area contributed by atoms with E-state index in [1.165, 1.54) is 0 Å². The Morgan fingerprint density at radius 1 is 1.35 bits per heavy atom. The van der Waals surface area contributed by atoms with Gasteiger partial charge in [0.15, 0.2) is 0 Å². The molecule has 0 aliphatic carbocycles. The summed E-state index contributed by atoms with van der Waals surface area (Å²) >= 11 is 0. The van der Waals surface area contributed by atoms with Gasteiger partial charge in [-0.3, -0.25) is 0 Å². The Labute approximate surface area is 100 Å². The molecule has 0 amide bonds. The number of isocyanates is 1. The molecule has 1 aliphatic rings. The van der Waals surface area contributed by atoms with Crippen molar-refractivity contribution in [1.82, 2.24) is 0 Å². The average molecular weight is 233 g/mol. The van der Waals surface area contributed by atoms with Gasteiger partial charge in [0.2, 0.25) is 6.08 Å². The van der Waals surface area contributed by atoms with Gasteiger partial charge in [0.1, 0.15) is 11.3 Å². The maximum Gasteiger partial charge on any atom is 0.235 e. The first kappa shape index (κ1) is 11.8. The zero-order chi connectivity index (χ0) is 12.1. The van der Waals surface area contributed by atoms with Crippen LogP contribution in [-0.4, -0.2) is 26.4 Å². The molecule has 1 heterocycles. The van der Waals surface area contributed by atoms with Gasteiger partial charge in [-0.15, -0.1) is 0 Å². The lowest BCUT2D eigenvalue weighted by Crippen LogP contribution is -2.32. The summed E-state index contributed by atoms with van der Waals surface area (Å²) < 4.78 is 10.7. The maximum atomic E-state index is 10.7. The smallest absolute Gasteiger partial charge is 0.235 e. The van der Waals surface area contributed by atoms with Crippen LogP contribution in [0.2, 0.25) is 0 Å². The number of aliphatic imine (C=N–C) groups is 1. The van der Waals surface area contributed by atoms with Crippen LogP contribution in [-0.2, 0) is 15.1 Å². The van der Waals surface area contributed by atoms with Crippen molar-refractivity contribution in [2.75, 3.05) is 20.3 Å². The van der Waals surface area contributed by atoms with Crippen LogP contribution in [0.5, 0.6) is 5.75 Å². The highest BCUT2D eigenvalue weighted by Gasteiger charge is 2.36. The fourth-order valence-electron chi connectivity index (χ4n) is 2.27. The molecule has 2 rings (SSSR count). The standard InChI is InChI=1S/C13H15NO3/c1-16-12-5-3-2-4-11(12)13(14-10-15)6-8-17-9-7-13/h2-5H,6-9H2,1H3. The number of hydrogen-bond acceptors (Lipinski definition) is 4. The lowest BCUT2D eigenvalue weighted by atomic mass is 9.83. The van der Waals surface area contributed by atoms with E-state index in [2.05, 4.69) is 4.99 Å². The second-order valence-electron chi connectivity index (χ2n) is 4.05. The molecule has 0 atom stereocenters. The van der Waals surface area contributed by atoms with Gasteiger partial charge in [-0.25, -0.2) is 4.79 Å². The van der Waals surface area contributed by atoms with Crippen molar-refractivity contribution in [1.29, 1.82) is 0 Å². The van der Waals surface area contributed by atoms with E-state index in [-0.39, 0.29) is 0 Å². The molecule has 1 saturated heterocycles. The van der Waals surface area contributed by atoms with Crippen molar-refractivity contribution in [2.45, 2.75) is 18.4 Å². The summed E-state index contributed by atoms with van der Waals surface area (Å²) in [5.74, 6) is 0.758. The van der Waals surface area contributed by atoms with Crippen molar-refractivity contribution in [2.24, 2.45) is 4.99 Å². The summed E-state index contributed by atoms with van der Waals surface area (Å²) in [6.07, 6.45) is 3.06. The molecule has 0 radical (unpaired) electrons. The van der Waals surface area contributed by atoms with Crippen molar-refractivity contribution >= 4 is 6.08 Å². The van der Waals surface area contributed by atoms with Gasteiger partial charge in [-0.2, -0.15) is 4.99 Å². The number of benzene rings is 1. The van der Waals surface area contributed by atoms with E-state index in [1.54, 1.807) is 13.2 Å². The number of carbonyl (C=O) groups excluding carboxylic acids is 1. The third kappa shape index (κ3) is 2.23. The van der Waals surface area contributed by atoms with Gasteiger partial charge in [0.05, 0.1) is 7.11 Å². The molecule has 1 aromatic carbocycles. The minimum absolute atomic E-state index is 0.535. The summed E-state index contributed by atoms with van der Waals surface area (Å²) in [5.41, 5.74) is 0.404. The summed E-state index contributed by atoms with van der Waals surface area (Å²) in [6.45, 7) is 1.20. The molecule has 4 heteroatoms. The Morgan fingerprint density at radius 3 is 2.71 bits per heavy atom. The summed E-state index contributed by atoms with van der Waals surface area (Å²) in [6, 6.07) is 7.66. The normalized spacial score (nSPS) is 18.2. The van der Waals surface area contributed by atoms with Gasteiger partial charge < -0.3 is 9.47 Å². The molecule has 90 valence electrons. The van der Waals surface area contributed by atoms with E-state index < -0.39 is 5.54 Å². The third-order valence-corrected chi connectivity index (χ3v) is 3.19. The van der Waals surface area contributed by atoms with Crippen molar-refractivity contribution in [3.63, 3.8) is 0 Å². The monoisotopic (exact) mass is 233 g/mol. The number of nitrogens with zero attached hydrogens (tertiary/aromatic N) is 1. The lowest BCUT2D eigenvalue weighted by molar-refractivity contribution is 0.0523. The topological polar surface area (TPSA) is 47.9 Å². The van der Waals surface area contributed by atoms with Crippen LogP contribution in [0.15, 0.2) is 29.3 Å². The van der Waals surface area contributed by atoms with Crippen LogP contribution in [0.4, 0.5) is 0 Å². The number of rotatable bonds is 3. The van der Waals surface area contributed by atoms with E-state index in [9.17, 15) is 4.79 Å². The van der Waals surface area contributed by atoms with Gasteiger partial charge in [-0.1, -0.05) is 18.2 Å². The van der Waals surface area contributed by atoms with Gasteiger partial charge in [0, 0.05) is 31.6 Å². The number of ether oxygens (including phenoxy) is 2. The molecular formula is C13H15NO3. The van der Waals surface area contributed by atoms with Crippen molar-refractivity contribution < 1.29 is 14.3 Å². The van der Waals surface area contributed by atoms with Crippen LogP contribution in [0.1, 0.15) is 18.4 Å². The van der Waals surface area contributed by atoms with Crippen LogP contribution < -0.4 is 4.74 Å². The highest BCUT2D eigenvalue weighted by atomic mass is 16.5. The second-order valence-corrected chi connectivity index (χ2v) is 4.05. The maximum absolute atomic E-state index is 10.7. The molecule has 0 bridgehead atoms. The number of hydrogen-bond donors (Lipinski definition) is 0. The van der Waals surface area contributed by atoms with E-state index in [4.69, 9.17) is 9.47 Å². The van der Waals surface area contributed by atoms with Crippen molar-refractivity contribution in [3.05, 3.63) is 29.8 Å². The van der Waals surface area contributed by atoms with E-state index in [0.717, 1.165) is 11.3 Å². The van der Waals surface area contributed by atoms with Crippen LogP contribution in [0.3, 0.4) is 0 Å². The highest BCUT2D eigenvalue weighted by Crippen LogP contribution is 2.40. The highest BCUT2D eigenvalue weighted by molar-refractivity contribution is 5.44. The molecule has 0 saturated carbocycles. The summed E-state index contributed by atoms with van der Waals surface area (Å²) in [7, 11) is 1.62. The third-order valence-electron chi connectivity index (χ3n) is 3.19. The Bertz CT molecular complexity index is 432. The number of methoxy groups -OCH3 is 1. The van der Waals surface area contributed by atoms with Gasteiger partial charge in [-0.05, 0) is 6.07 Å². The zero-order valence-electron chi connectivity index (χ0n) is 9.81. The molecular weight excluding hydrogens is 218 g/mol. The van der Waals surface area contributed by atoms with E-state index in [0.29, 0.717) is 26.1 Å². The average Bonchev–Trinajstić information content (AvgIpc) is 2.40. The molecule has 17 heavy (non-hydrogen) atoms. The molecule has 1 aliphatic heterocycles. The lowest BCUT2D eigenvalue weighted by Gasteiger charge is -2.33. The van der Waals surface area contributed by atoms with E-state index in [1.807, 2.05) is 24.3 Å². The molecule has 0 N–H and O–H groups in total. The predicted molar refractivity (Wildman–Crippen MR) is 62.8 cm³/mol. The Kier molecular flexibility index (Phi) is 3.57. The fraction of sp³-hybridized carbons (Fsp3) is 0.462. The minimum Gasteiger partial charge on any atom is -0.496 e. The summed E-state index contributed by atoms with van der Waals surface area (Å²) in [4.78, 5) is 14.7. The molecule has 1 aromatic rings. The Morgan fingerprint density at radius 2 is 2.06 bits per heavy atom. The molecule has 0 spiro atoms. The number of para-hydroxylation sites is 1. The molecule has 4 nitrogen and oxygen atoms in total. The fourth-order valence-corrected chi connectivity index (χ4v) is 2.27. The largest absolute Gasteiger partial charge is 0.496 e. The first-order valence-electron chi connectivity index (χ1n) is 5.63. The molecule has 0 unspecified atom stereocenters. The second kappa shape index (κ2) is 5.13. The van der Waals surface area contributed by atoms with Crippen LogP contribution >= 0.6 is 0 Å². The zero-order valence-corrected chi connectivity index (χ0v) is 9.81. The molecule has 1 fully saturated rings. The van der Waals surface area contributed by atoms with Gasteiger partial charge >= 0.3 is 0 Å². The van der Waals surface area contributed by atoms with Crippen LogP contribution in [0.25, 0.3) is 0 Å². The molecule has 0 aromatic heterocycles. The minimum atomic E-state index is -0.535. The Balaban J connectivity index is 2.48. The van der Waals surface area contributed by atoms with Gasteiger partial charge in [0.25, 0.3) is 0 Å². The SMILES string of the molecule is COc1ccccc1C1(N=C=O)CCOCC1. The first-order chi connectivity index (χ1) is 8.32.